The van der Waals surface area contributed by atoms with Gasteiger partial charge in [0, 0.05) is 19.2 Å². The molecule has 1 aromatic carbocycles. The Hall–Kier alpha value is -1.83. The van der Waals surface area contributed by atoms with E-state index in [1.165, 1.54) is 0 Å². The van der Waals surface area contributed by atoms with Gasteiger partial charge in [0.2, 0.25) is 0 Å². The van der Waals surface area contributed by atoms with Crippen molar-refractivity contribution in [1.82, 2.24) is 4.90 Å². The predicted molar refractivity (Wildman–Crippen MR) is 81.1 cm³/mol. The lowest BCUT2D eigenvalue weighted by molar-refractivity contribution is 0.0574. The molecular weight excluding hydrogens is 266 g/mol. The van der Waals surface area contributed by atoms with Gasteiger partial charge in [-0.1, -0.05) is 17.9 Å². The first-order valence-electron chi connectivity index (χ1n) is 7.13. The van der Waals surface area contributed by atoms with Crippen LogP contribution in [0.15, 0.2) is 18.2 Å². The van der Waals surface area contributed by atoms with Gasteiger partial charge < -0.3 is 14.7 Å². The van der Waals surface area contributed by atoms with Crippen molar-refractivity contribution in [1.29, 1.82) is 0 Å². The van der Waals surface area contributed by atoms with E-state index in [0.29, 0.717) is 17.7 Å². The number of hydrogen-bond donors (Lipinski definition) is 1. The number of nitrogens with zero attached hydrogens (tertiary/aromatic N) is 1. The average molecular weight is 287 g/mol. The van der Waals surface area contributed by atoms with Crippen molar-refractivity contribution in [3.05, 3.63) is 34.9 Å². The van der Waals surface area contributed by atoms with E-state index in [2.05, 4.69) is 11.8 Å². The van der Waals surface area contributed by atoms with Crippen molar-refractivity contribution >= 4 is 5.91 Å². The molecule has 1 aromatic rings. The maximum Gasteiger partial charge on any atom is 0.255 e. The number of carbonyl (C=O) groups is 1. The van der Waals surface area contributed by atoms with Gasteiger partial charge in [-0.3, -0.25) is 4.79 Å². The number of hydrogen-bond acceptors (Lipinski definition) is 3. The summed E-state index contributed by atoms with van der Waals surface area (Å²) in [5.74, 6) is 5.42. The zero-order chi connectivity index (χ0) is 15.4. The van der Waals surface area contributed by atoms with Crippen molar-refractivity contribution < 1.29 is 14.6 Å². The zero-order valence-electron chi connectivity index (χ0n) is 12.7. The van der Waals surface area contributed by atoms with Crippen LogP contribution in [0.25, 0.3) is 0 Å². The van der Waals surface area contributed by atoms with E-state index in [4.69, 9.17) is 9.84 Å². The van der Waals surface area contributed by atoms with Crippen molar-refractivity contribution in [2.75, 3.05) is 20.3 Å². The number of amides is 1. The van der Waals surface area contributed by atoms with E-state index in [-0.39, 0.29) is 24.7 Å². The summed E-state index contributed by atoms with van der Waals surface area (Å²) < 4.78 is 5.53. The standard InChI is InChI=1S/C17H21NO3/c1-12-6-7-15(14(11-12)5-4-9-19)17(20)18(3)16-8-10-21-13(16)2/h6-7,11,13,16,19H,8-10H2,1-3H3. The van der Waals surface area contributed by atoms with Crippen molar-refractivity contribution in [3.63, 3.8) is 0 Å². The fraction of sp³-hybridized carbons (Fsp3) is 0.471. The molecular formula is C17H21NO3. The van der Waals surface area contributed by atoms with Crippen LogP contribution in [0.3, 0.4) is 0 Å². The van der Waals surface area contributed by atoms with Gasteiger partial charge in [-0.2, -0.15) is 0 Å². The summed E-state index contributed by atoms with van der Waals surface area (Å²) in [7, 11) is 1.81. The van der Waals surface area contributed by atoms with Crippen LogP contribution in [0.2, 0.25) is 0 Å². The molecule has 0 radical (unpaired) electrons. The van der Waals surface area contributed by atoms with Crippen molar-refractivity contribution in [2.24, 2.45) is 0 Å². The largest absolute Gasteiger partial charge is 0.384 e. The summed E-state index contributed by atoms with van der Waals surface area (Å²) in [6.07, 6.45) is 0.906. The van der Waals surface area contributed by atoms with Crippen LogP contribution in [0, 0.1) is 18.8 Å². The average Bonchev–Trinajstić information content (AvgIpc) is 2.90. The minimum atomic E-state index is -0.217. The molecule has 4 nitrogen and oxygen atoms in total. The monoisotopic (exact) mass is 287 g/mol. The number of aliphatic hydroxyl groups excluding tert-OH is 1. The van der Waals surface area contributed by atoms with Gasteiger partial charge in [-0.05, 0) is 38.0 Å². The Kier molecular flexibility index (Phi) is 5.00. The number of carbonyl (C=O) groups excluding carboxylic acids is 1. The van der Waals surface area contributed by atoms with Gasteiger partial charge in [0.1, 0.15) is 6.61 Å². The molecule has 4 heteroatoms. The molecule has 0 aliphatic carbocycles. The van der Waals surface area contributed by atoms with Crippen LogP contribution in [-0.2, 0) is 4.74 Å². The third-order valence-corrected chi connectivity index (χ3v) is 3.86. The van der Waals surface area contributed by atoms with Gasteiger partial charge in [0.25, 0.3) is 5.91 Å². The second kappa shape index (κ2) is 6.75. The van der Waals surface area contributed by atoms with Crippen LogP contribution < -0.4 is 0 Å². The quantitative estimate of drug-likeness (QED) is 0.840. The Morgan fingerprint density at radius 2 is 2.29 bits per heavy atom. The Bertz CT molecular complexity index is 585. The number of aliphatic hydroxyl groups is 1. The molecule has 1 heterocycles. The molecule has 21 heavy (non-hydrogen) atoms. The van der Waals surface area contributed by atoms with E-state index in [0.717, 1.165) is 12.0 Å². The highest BCUT2D eigenvalue weighted by molar-refractivity contribution is 5.97. The molecule has 0 saturated carbocycles. The van der Waals surface area contributed by atoms with Gasteiger partial charge in [0.15, 0.2) is 0 Å². The second-order valence-electron chi connectivity index (χ2n) is 5.36. The van der Waals surface area contributed by atoms with E-state index in [9.17, 15) is 4.79 Å². The van der Waals surface area contributed by atoms with Crippen molar-refractivity contribution in [2.45, 2.75) is 32.4 Å². The normalized spacial score (nSPS) is 20.8. The maximum absolute atomic E-state index is 12.7. The van der Waals surface area contributed by atoms with Crippen LogP contribution in [0.5, 0.6) is 0 Å². The molecule has 1 aliphatic rings. The number of ether oxygens (including phenoxy) is 1. The Morgan fingerprint density at radius 1 is 1.52 bits per heavy atom. The van der Waals surface area contributed by atoms with Crippen LogP contribution in [0.1, 0.15) is 34.8 Å². The fourth-order valence-electron chi connectivity index (χ4n) is 2.65. The summed E-state index contributed by atoms with van der Waals surface area (Å²) in [6, 6.07) is 5.67. The fourth-order valence-corrected chi connectivity index (χ4v) is 2.65. The number of aryl methyl sites for hydroxylation is 1. The Morgan fingerprint density at radius 3 is 2.90 bits per heavy atom. The van der Waals surface area contributed by atoms with Crippen LogP contribution in [0.4, 0.5) is 0 Å². The van der Waals surface area contributed by atoms with Crippen LogP contribution >= 0.6 is 0 Å². The first kappa shape index (κ1) is 15.6. The molecule has 2 atom stereocenters. The molecule has 2 unspecified atom stereocenters. The molecule has 2 rings (SSSR count). The molecule has 1 saturated heterocycles. The van der Waals surface area contributed by atoms with E-state index < -0.39 is 0 Å². The molecule has 0 spiro atoms. The van der Waals surface area contributed by atoms with Crippen molar-refractivity contribution in [3.8, 4) is 11.8 Å². The lowest BCUT2D eigenvalue weighted by atomic mass is 10.0. The predicted octanol–water partition coefficient (Wildman–Crippen LogP) is 1.59. The van der Waals surface area contributed by atoms with Gasteiger partial charge in [0.05, 0.1) is 17.7 Å². The number of likely N-dealkylation sites (N-methyl/N-ethyl adjacent to an activating group) is 1. The highest BCUT2D eigenvalue weighted by atomic mass is 16.5. The smallest absolute Gasteiger partial charge is 0.255 e. The third kappa shape index (κ3) is 3.44. The summed E-state index contributed by atoms with van der Waals surface area (Å²) in [5.41, 5.74) is 2.27. The minimum Gasteiger partial charge on any atom is -0.384 e. The van der Waals surface area contributed by atoms with E-state index in [1.54, 1.807) is 18.0 Å². The van der Waals surface area contributed by atoms with E-state index >= 15 is 0 Å². The number of benzene rings is 1. The highest BCUT2D eigenvalue weighted by Gasteiger charge is 2.31. The molecule has 0 bridgehead atoms. The zero-order valence-corrected chi connectivity index (χ0v) is 12.7. The molecule has 112 valence electrons. The van der Waals surface area contributed by atoms with Crippen LogP contribution in [-0.4, -0.2) is 48.3 Å². The Labute approximate surface area is 125 Å². The lowest BCUT2D eigenvalue weighted by Gasteiger charge is -2.27. The maximum atomic E-state index is 12.7. The molecule has 1 N–H and O–H groups in total. The lowest BCUT2D eigenvalue weighted by Crippen LogP contribution is -2.41. The van der Waals surface area contributed by atoms with Gasteiger partial charge >= 0.3 is 0 Å². The topological polar surface area (TPSA) is 49.8 Å². The molecule has 1 fully saturated rings. The summed E-state index contributed by atoms with van der Waals surface area (Å²) in [4.78, 5) is 14.5. The minimum absolute atomic E-state index is 0.0522. The Balaban J connectivity index is 2.30. The first-order chi connectivity index (χ1) is 10.0. The third-order valence-electron chi connectivity index (χ3n) is 3.86. The number of rotatable bonds is 2. The van der Waals surface area contributed by atoms with Gasteiger partial charge in [-0.25, -0.2) is 0 Å². The van der Waals surface area contributed by atoms with E-state index in [1.807, 2.05) is 26.0 Å². The highest BCUT2D eigenvalue weighted by Crippen LogP contribution is 2.21. The summed E-state index contributed by atoms with van der Waals surface area (Å²) in [6.45, 7) is 4.41. The molecule has 1 amide bonds. The summed E-state index contributed by atoms with van der Waals surface area (Å²) in [5, 5.41) is 8.86. The SMILES string of the molecule is Cc1ccc(C(=O)N(C)C2CCOC2C)c(C#CCO)c1. The van der Waals surface area contributed by atoms with Gasteiger partial charge in [-0.15, -0.1) is 0 Å². The first-order valence-corrected chi connectivity index (χ1v) is 7.13. The second-order valence-corrected chi connectivity index (χ2v) is 5.36. The molecule has 0 aromatic heterocycles. The molecule has 1 aliphatic heterocycles. The summed E-state index contributed by atoms with van der Waals surface area (Å²) >= 11 is 0.